The van der Waals surface area contributed by atoms with Crippen LogP contribution in [0.2, 0.25) is 0 Å². The number of carbonyl (C=O) groups is 1. The Labute approximate surface area is 145 Å². The topological polar surface area (TPSA) is 69.2 Å². The lowest BCUT2D eigenvalue weighted by Crippen LogP contribution is -2.30. The van der Waals surface area contributed by atoms with Crippen molar-refractivity contribution in [3.8, 4) is 11.5 Å². The predicted molar refractivity (Wildman–Crippen MR) is 91.6 cm³/mol. The third-order valence-electron chi connectivity index (χ3n) is 4.19. The first kappa shape index (κ1) is 15.5. The van der Waals surface area contributed by atoms with E-state index in [9.17, 15) is 4.79 Å². The van der Waals surface area contributed by atoms with E-state index in [1.165, 1.54) is 0 Å². The number of hydrogen-bond donors (Lipinski definition) is 1. The summed E-state index contributed by atoms with van der Waals surface area (Å²) in [5.41, 5.74) is 2.29. The van der Waals surface area contributed by atoms with Gasteiger partial charge in [0.2, 0.25) is 0 Å². The van der Waals surface area contributed by atoms with Crippen molar-refractivity contribution >= 4 is 11.6 Å². The van der Waals surface area contributed by atoms with Crippen LogP contribution < -0.4 is 14.8 Å². The number of para-hydroxylation sites is 1. The molecule has 2 aliphatic heterocycles. The molecule has 0 bridgehead atoms. The summed E-state index contributed by atoms with van der Waals surface area (Å²) in [6.07, 6.45) is 0.255. The normalized spacial score (nSPS) is 18.2. The summed E-state index contributed by atoms with van der Waals surface area (Å²) in [5, 5.41) is 6.82. The minimum atomic E-state index is -0.229. The van der Waals surface area contributed by atoms with Gasteiger partial charge < -0.3 is 19.6 Å². The fourth-order valence-electron chi connectivity index (χ4n) is 2.91. The SMILES string of the molecule is O=C(NCc1cccc2c1OCCO2)C1=NOC(c2ccccc2)C1. The van der Waals surface area contributed by atoms with Crippen LogP contribution in [0.5, 0.6) is 11.5 Å². The number of benzene rings is 2. The van der Waals surface area contributed by atoms with Gasteiger partial charge in [-0.2, -0.15) is 0 Å². The summed E-state index contributed by atoms with van der Waals surface area (Å²) in [6.45, 7) is 1.40. The molecule has 2 aliphatic rings. The van der Waals surface area contributed by atoms with Gasteiger partial charge in [-0.15, -0.1) is 0 Å². The van der Waals surface area contributed by atoms with Gasteiger partial charge >= 0.3 is 0 Å². The zero-order valence-electron chi connectivity index (χ0n) is 13.6. The largest absolute Gasteiger partial charge is 0.486 e. The fraction of sp³-hybridized carbons (Fsp3) is 0.263. The molecule has 0 saturated carbocycles. The Morgan fingerprint density at radius 3 is 2.80 bits per heavy atom. The van der Waals surface area contributed by atoms with E-state index in [0.717, 1.165) is 11.1 Å². The third-order valence-corrected chi connectivity index (χ3v) is 4.19. The lowest BCUT2D eigenvalue weighted by Gasteiger charge is -2.21. The summed E-state index contributed by atoms with van der Waals surface area (Å²) in [7, 11) is 0. The molecule has 0 spiro atoms. The van der Waals surface area contributed by atoms with Gasteiger partial charge in [-0.25, -0.2) is 0 Å². The molecular formula is C19H18N2O4. The van der Waals surface area contributed by atoms with Crippen LogP contribution in [0, 0.1) is 0 Å². The predicted octanol–water partition coefficient (Wildman–Crippen LogP) is 2.59. The van der Waals surface area contributed by atoms with E-state index in [-0.39, 0.29) is 12.0 Å². The van der Waals surface area contributed by atoms with Gasteiger partial charge in [0.1, 0.15) is 18.9 Å². The summed E-state index contributed by atoms with van der Waals surface area (Å²) in [5.74, 6) is 1.18. The third kappa shape index (κ3) is 3.28. The number of nitrogens with zero attached hydrogens (tertiary/aromatic N) is 1. The maximum atomic E-state index is 12.4. The first-order valence-corrected chi connectivity index (χ1v) is 8.24. The van der Waals surface area contributed by atoms with Crippen molar-refractivity contribution < 1.29 is 19.1 Å². The van der Waals surface area contributed by atoms with Crippen LogP contribution in [0.1, 0.15) is 23.7 Å². The molecule has 0 fully saturated rings. The van der Waals surface area contributed by atoms with Crippen molar-refractivity contribution in [1.29, 1.82) is 0 Å². The summed E-state index contributed by atoms with van der Waals surface area (Å²) < 4.78 is 11.2. The number of fused-ring (bicyclic) bond motifs is 1. The number of oxime groups is 1. The van der Waals surface area contributed by atoms with Gasteiger partial charge in [0.25, 0.3) is 5.91 Å². The molecule has 1 unspecified atom stereocenters. The lowest BCUT2D eigenvalue weighted by molar-refractivity contribution is -0.115. The average molecular weight is 338 g/mol. The van der Waals surface area contributed by atoms with Crippen molar-refractivity contribution in [2.75, 3.05) is 13.2 Å². The van der Waals surface area contributed by atoms with E-state index in [2.05, 4.69) is 10.5 Å². The molecule has 2 aromatic carbocycles. The quantitative estimate of drug-likeness (QED) is 0.930. The van der Waals surface area contributed by atoms with Crippen LogP contribution in [0.3, 0.4) is 0 Å². The van der Waals surface area contributed by atoms with E-state index in [1.54, 1.807) is 0 Å². The van der Waals surface area contributed by atoms with E-state index in [1.807, 2.05) is 48.5 Å². The Balaban J connectivity index is 1.37. The molecule has 1 amide bonds. The highest BCUT2D eigenvalue weighted by Gasteiger charge is 2.27. The minimum Gasteiger partial charge on any atom is -0.486 e. The van der Waals surface area contributed by atoms with Crippen molar-refractivity contribution in [3.05, 3.63) is 59.7 Å². The van der Waals surface area contributed by atoms with Crippen molar-refractivity contribution in [1.82, 2.24) is 5.32 Å². The van der Waals surface area contributed by atoms with E-state index >= 15 is 0 Å². The van der Waals surface area contributed by atoms with Gasteiger partial charge in [-0.05, 0) is 11.6 Å². The van der Waals surface area contributed by atoms with E-state index in [0.29, 0.717) is 43.4 Å². The molecule has 6 heteroatoms. The number of amides is 1. The van der Waals surface area contributed by atoms with Crippen LogP contribution in [0.15, 0.2) is 53.7 Å². The molecule has 128 valence electrons. The molecule has 2 heterocycles. The zero-order chi connectivity index (χ0) is 17.1. The van der Waals surface area contributed by atoms with Gasteiger partial charge in [0.05, 0.1) is 0 Å². The average Bonchev–Trinajstić information content (AvgIpc) is 3.17. The second kappa shape index (κ2) is 6.84. The number of rotatable bonds is 4. The van der Waals surface area contributed by atoms with Gasteiger partial charge in [-0.1, -0.05) is 47.6 Å². The zero-order valence-corrected chi connectivity index (χ0v) is 13.6. The molecule has 25 heavy (non-hydrogen) atoms. The molecule has 1 N–H and O–H groups in total. The Kier molecular flexibility index (Phi) is 4.24. The molecule has 2 aromatic rings. The first-order chi connectivity index (χ1) is 12.3. The molecular weight excluding hydrogens is 320 g/mol. The highest BCUT2D eigenvalue weighted by atomic mass is 16.6. The standard InChI is InChI=1S/C19H18N2O4/c22-19(15-11-17(25-21-15)13-5-2-1-3-6-13)20-12-14-7-4-8-16-18(14)24-10-9-23-16/h1-8,17H,9-12H2,(H,20,22). The Morgan fingerprint density at radius 2 is 1.92 bits per heavy atom. The van der Waals surface area contributed by atoms with Gasteiger partial charge in [0.15, 0.2) is 17.6 Å². The van der Waals surface area contributed by atoms with E-state index < -0.39 is 0 Å². The van der Waals surface area contributed by atoms with Crippen molar-refractivity contribution in [2.24, 2.45) is 5.16 Å². The Bertz CT molecular complexity index is 804. The number of nitrogens with one attached hydrogen (secondary N) is 1. The molecule has 0 saturated heterocycles. The number of hydrogen-bond acceptors (Lipinski definition) is 5. The first-order valence-electron chi connectivity index (χ1n) is 8.24. The number of ether oxygens (including phenoxy) is 2. The minimum absolute atomic E-state index is 0.205. The van der Waals surface area contributed by atoms with Crippen LogP contribution in [0.4, 0.5) is 0 Å². The Morgan fingerprint density at radius 1 is 1.08 bits per heavy atom. The summed E-state index contributed by atoms with van der Waals surface area (Å²) >= 11 is 0. The van der Waals surface area contributed by atoms with Crippen LogP contribution in [-0.4, -0.2) is 24.8 Å². The van der Waals surface area contributed by atoms with Gasteiger partial charge in [0, 0.05) is 18.5 Å². The highest BCUT2D eigenvalue weighted by Crippen LogP contribution is 2.33. The van der Waals surface area contributed by atoms with Crippen LogP contribution in [-0.2, 0) is 16.2 Å². The molecule has 4 rings (SSSR count). The lowest BCUT2D eigenvalue weighted by atomic mass is 10.0. The monoisotopic (exact) mass is 338 g/mol. The molecule has 0 radical (unpaired) electrons. The summed E-state index contributed by atoms with van der Waals surface area (Å²) in [4.78, 5) is 17.8. The maximum absolute atomic E-state index is 12.4. The number of carbonyl (C=O) groups excluding carboxylic acids is 1. The molecule has 0 aromatic heterocycles. The van der Waals surface area contributed by atoms with Crippen LogP contribution >= 0.6 is 0 Å². The maximum Gasteiger partial charge on any atom is 0.269 e. The van der Waals surface area contributed by atoms with E-state index in [4.69, 9.17) is 14.3 Å². The van der Waals surface area contributed by atoms with Crippen LogP contribution in [0.25, 0.3) is 0 Å². The summed E-state index contributed by atoms with van der Waals surface area (Å²) in [6, 6.07) is 15.4. The Hall–Kier alpha value is -3.02. The molecule has 1 atom stereocenters. The second-order valence-corrected chi connectivity index (χ2v) is 5.87. The molecule has 6 nitrogen and oxygen atoms in total. The van der Waals surface area contributed by atoms with Gasteiger partial charge in [-0.3, -0.25) is 4.79 Å². The highest BCUT2D eigenvalue weighted by molar-refractivity contribution is 6.39. The fourth-order valence-corrected chi connectivity index (χ4v) is 2.91. The van der Waals surface area contributed by atoms with Crippen molar-refractivity contribution in [2.45, 2.75) is 19.1 Å². The smallest absolute Gasteiger partial charge is 0.269 e. The second-order valence-electron chi connectivity index (χ2n) is 5.87. The molecule has 0 aliphatic carbocycles. The van der Waals surface area contributed by atoms with Crippen molar-refractivity contribution in [3.63, 3.8) is 0 Å².